The Morgan fingerprint density at radius 3 is 2.61 bits per heavy atom. The van der Waals surface area contributed by atoms with Crippen molar-refractivity contribution in [2.75, 3.05) is 6.61 Å². The third-order valence-corrected chi connectivity index (χ3v) is 2.70. The van der Waals surface area contributed by atoms with Gasteiger partial charge in [-0.05, 0) is 24.1 Å². The van der Waals surface area contributed by atoms with Crippen molar-refractivity contribution >= 4 is 11.9 Å². The molecule has 0 aliphatic carbocycles. The van der Waals surface area contributed by atoms with Crippen LogP contribution in [0.4, 0.5) is 4.79 Å². The second-order valence-electron chi connectivity index (χ2n) is 4.20. The third-order valence-electron chi connectivity index (χ3n) is 2.70. The third kappa shape index (κ3) is 3.00. The highest BCUT2D eigenvalue weighted by Crippen LogP contribution is 2.21. The molecule has 3 amide bonds. The molecule has 2 rings (SSSR count). The lowest BCUT2D eigenvalue weighted by Gasteiger charge is -2.23. The van der Waals surface area contributed by atoms with Gasteiger partial charge in [-0.15, -0.1) is 0 Å². The number of nitrogens with one attached hydrogen (secondary N) is 2. The fourth-order valence-corrected chi connectivity index (χ4v) is 1.83. The lowest BCUT2D eigenvalue weighted by atomic mass is 10.0. The molecule has 0 bridgehead atoms. The average Bonchev–Trinajstić information content (AvgIpc) is 2.36. The number of carbonyl (C=O) groups excluding carboxylic acids is 2. The van der Waals surface area contributed by atoms with Gasteiger partial charge in [0.25, 0.3) is 0 Å². The predicted molar refractivity (Wildman–Crippen MR) is 66.3 cm³/mol. The van der Waals surface area contributed by atoms with Crippen molar-refractivity contribution in [1.29, 1.82) is 0 Å². The first kappa shape index (κ1) is 12.4. The van der Waals surface area contributed by atoms with Gasteiger partial charge in [0, 0.05) is 0 Å². The number of carbonyl (C=O) groups is 2. The van der Waals surface area contributed by atoms with Gasteiger partial charge in [-0.1, -0.05) is 19.1 Å². The Balaban J connectivity index is 2.04. The molecule has 5 heteroatoms. The fourth-order valence-electron chi connectivity index (χ4n) is 1.83. The Labute approximate surface area is 106 Å². The number of rotatable bonds is 4. The maximum atomic E-state index is 11.3. The first-order valence-corrected chi connectivity index (χ1v) is 6.02. The summed E-state index contributed by atoms with van der Waals surface area (Å²) in [5.41, 5.74) is 0.905. The van der Waals surface area contributed by atoms with Gasteiger partial charge >= 0.3 is 6.03 Å². The maximum absolute atomic E-state index is 11.3. The highest BCUT2D eigenvalue weighted by atomic mass is 16.5. The van der Waals surface area contributed by atoms with Crippen molar-refractivity contribution in [2.24, 2.45) is 0 Å². The second kappa shape index (κ2) is 5.53. The minimum absolute atomic E-state index is 0.255. The van der Waals surface area contributed by atoms with Crippen LogP contribution in [-0.2, 0) is 4.79 Å². The summed E-state index contributed by atoms with van der Waals surface area (Å²) in [6.45, 7) is 2.73. The van der Waals surface area contributed by atoms with Gasteiger partial charge in [0.05, 0.1) is 19.1 Å². The van der Waals surface area contributed by atoms with Crippen molar-refractivity contribution < 1.29 is 14.3 Å². The standard InChI is InChI=1S/C13H16N2O3/c1-2-7-18-10-5-3-9(4-6-10)11-8-12(16)15-13(17)14-11/h3-6,11H,2,7-8H2,1H3,(H2,14,15,16,17)/t11-/m0/s1. The molecule has 18 heavy (non-hydrogen) atoms. The largest absolute Gasteiger partial charge is 0.494 e. The van der Waals surface area contributed by atoms with Gasteiger partial charge in [0.15, 0.2) is 0 Å². The summed E-state index contributed by atoms with van der Waals surface area (Å²) in [7, 11) is 0. The van der Waals surface area contributed by atoms with Crippen LogP contribution in [-0.4, -0.2) is 18.5 Å². The number of amides is 3. The molecular formula is C13H16N2O3. The van der Waals surface area contributed by atoms with E-state index in [1.807, 2.05) is 31.2 Å². The van der Waals surface area contributed by atoms with E-state index in [2.05, 4.69) is 10.6 Å². The number of hydrogen-bond acceptors (Lipinski definition) is 3. The molecule has 1 aliphatic heterocycles. The van der Waals surface area contributed by atoms with E-state index in [0.29, 0.717) is 6.61 Å². The van der Waals surface area contributed by atoms with Crippen molar-refractivity contribution in [3.05, 3.63) is 29.8 Å². The van der Waals surface area contributed by atoms with E-state index in [0.717, 1.165) is 17.7 Å². The maximum Gasteiger partial charge on any atom is 0.321 e. The van der Waals surface area contributed by atoms with E-state index in [-0.39, 0.29) is 18.4 Å². The Hall–Kier alpha value is -2.04. The molecular weight excluding hydrogens is 232 g/mol. The SMILES string of the molecule is CCCOc1ccc([C@@H]2CC(=O)NC(=O)N2)cc1. The first-order valence-electron chi connectivity index (χ1n) is 6.02. The highest BCUT2D eigenvalue weighted by Gasteiger charge is 2.24. The average molecular weight is 248 g/mol. The summed E-state index contributed by atoms with van der Waals surface area (Å²) in [5.74, 6) is 0.544. The number of benzene rings is 1. The molecule has 1 fully saturated rings. The van der Waals surface area contributed by atoms with Crippen molar-refractivity contribution in [2.45, 2.75) is 25.8 Å². The molecule has 2 N–H and O–H groups in total. The molecule has 0 aromatic heterocycles. The molecule has 1 heterocycles. The van der Waals surface area contributed by atoms with Crippen molar-refractivity contribution in [1.82, 2.24) is 10.6 Å². The van der Waals surface area contributed by atoms with Crippen LogP contribution in [0.15, 0.2) is 24.3 Å². The molecule has 1 atom stereocenters. The lowest BCUT2D eigenvalue weighted by Crippen LogP contribution is -2.48. The zero-order chi connectivity index (χ0) is 13.0. The highest BCUT2D eigenvalue weighted by molar-refractivity contribution is 5.97. The van der Waals surface area contributed by atoms with Crippen molar-refractivity contribution in [3.8, 4) is 5.75 Å². The summed E-state index contributed by atoms with van der Waals surface area (Å²) in [6.07, 6.45) is 1.22. The zero-order valence-corrected chi connectivity index (χ0v) is 10.2. The van der Waals surface area contributed by atoms with E-state index in [4.69, 9.17) is 4.74 Å². The molecule has 0 radical (unpaired) electrons. The van der Waals surface area contributed by atoms with Crippen LogP contribution in [0.25, 0.3) is 0 Å². The van der Waals surface area contributed by atoms with Gasteiger partial charge < -0.3 is 10.1 Å². The van der Waals surface area contributed by atoms with Crippen molar-refractivity contribution in [3.63, 3.8) is 0 Å². The summed E-state index contributed by atoms with van der Waals surface area (Å²) in [4.78, 5) is 22.5. The Morgan fingerprint density at radius 1 is 1.28 bits per heavy atom. The molecule has 1 saturated heterocycles. The van der Waals surface area contributed by atoms with Crippen LogP contribution in [0.3, 0.4) is 0 Å². The number of urea groups is 1. The molecule has 1 aromatic rings. The van der Waals surface area contributed by atoms with Crippen LogP contribution in [0.5, 0.6) is 5.75 Å². The summed E-state index contributed by atoms with van der Waals surface area (Å²) in [5, 5.41) is 4.92. The summed E-state index contributed by atoms with van der Waals surface area (Å²) < 4.78 is 5.47. The number of ether oxygens (including phenoxy) is 1. The molecule has 0 unspecified atom stereocenters. The number of hydrogen-bond donors (Lipinski definition) is 2. The van der Waals surface area contributed by atoms with Gasteiger partial charge in [-0.3, -0.25) is 10.1 Å². The second-order valence-corrected chi connectivity index (χ2v) is 4.20. The monoisotopic (exact) mass is 248 g/mol. The van der Waals surface area contributed by atoms with Gasteiger partial charge in [-0.25, -0.2) is 4.79 Å². The molecule has 1 aromatic carbocycles. The quantitative estimate of drug-likeness (QED) is 0.853. The van der Waals surface area contributed by atoms with E-state index >= 15 is 0 Å². The molecule has 96 valence electrons. The van der Waals surface area contributed by atoms with Crippen LogP contribution in [0, 0.1) is 0 Å². The minimum Gasteiger partial charge on any atom is -0.494 e. The minimum atomic E-state index is -0.442. The summed E-state index contributed by atoms with van der Waals surface area (Å²) >= 11 is 0. The van der Waals surface area contributed by atoms with Gasteiger partial charge in [0.1, 0.15) is 5.75 Å². The first-order chi connectivity index (χ1) is 8.69. The normalized spacial score (nSPS) is 19.1. The zero-order valence-electron chi connectivity index (χ0n) is 10.2. The van der Waals surface area contributed by atoms with E-state index in [1.54, 1.807) is 0 Å². The van der Waals surface area contributed by atoms with E-state index < -0.39 is 6.03 Å². The van der Waals surface area contributed by atoms with E-state index in [1.165, 1.54) is 0 Å². The van der Waals surface area contributed by atoms with Crippen LogP contribution in [0.1, 0.15) is 31.4 Å². The predicted octanol–water partition coefficient (Wildman–Crippen LogP) is 1.75. The van der Waals surface area contributed by atoms with E-state index in [9.17, 15) is 9.59 Å². The molecule has 5 nitrogen and oxygen atoms in total. The topological polar surface area (TPSA) is 67.4 Å². The van der Waals surface area contributed by atoms with Crippen LogP contribution < -0.4 is 15.4 Å². The fraction of sp³-hybridized carbons (Fsp3) is 0.385. The Morgan fingerprint density at radius 2 is 2.00 bits per heavy atom. The number of imide groups is 1. The van der Waals surface area contributed by atoms with Gasteiger partial charge in [0.2, 0.25) is 5.91 Å². The molecule has 1 aliphatic rings. The van der Waals surface area contributed by atoms with Crippen LogP contribution in [0.2, 0.25) is 0 Å². The smallest absolute Gasteiger partial charge is 0.321 e. The molecule has 0 saturated carbocycles. The van der Waals surface area contributed by atoms with Gasteiger partial charge in [-0.2, -0.15) is 0 Å². The lowest BCUT2D eigenvalue weighted by molar-refractivity contribution is -0.121. The Kier molecular flexibility index (Phi) is 3.82. The Bertz CT molecular complexity index is 426. The summed E-state index contributed by atoms with van der Waals surface area (Å²) in [6, 6.07) is 6.74. The molecule has 0 spiro atoms. The van der Waals surface area contributed by atoms with Crippen LogP contribution >= 0.6 is 0 Å².